The molecule has 0 bridgehead atoms. The van der Waals surface area contributed by atoms with E-state index in [0.29, 0.717) is 23.8 Å². The zero-order valence-electron chi connectivity index (χ0n) is 16.2. The number of aromatic hydroxyl groups is 1. The van der Waals surface area contributed by atoms with Crippen LogP contribution in [0.15, 0.2) is 42.7 Å². The molecule has 1 heterocycles. The molecule has 0 spiro atoms. The molecule has 1 aromatic heterocycles. The summed E-state index contributed by atoms with van der Waals surface area (Å²) in [5, 5.41) is 13.9. The number of hydrogen-bond donors (Lipinski definition) is 2. The van der Waals surface area contributed by atoms with Crippen LogP contribution in [0.1, 0.15) is 52.0 Å². The maximum absolute atomic E-state index is 10.2. The van der Waals surface area contributed by atoms with Crippen molar-refractivity contribution in [3.8, 4) is 16.9 Å². The molecular weight excluding hydrogens is 320 g/mol. The van der Waals surface area contributed by atoms with Gasteiger partial charge in [0.15, 0.2) is 0 Å². The number of rotatable bonds is 5. The third-order valence-electron chi connectivity index (χ3n) is 5.18. The van der Waals surface area contributed by atoms with Crippen molar-refractivity contribution in [1.82, 2.24) is 10.3 Å². The molecule has 3 rings (SSSR count). The average Bonchev–Trinajstić information content (AvgIpc) is 2.62. The van der Waals surface area contributed by atoms with Gasteiger partial charge in [-0.15, -0.1) is 0 Å². The van der Waals surface area contributed by atoms with Crippen molar-refractivity contribution in [1.29, 1.82) is 0 Å². The van der Waals surface area contributed by atoms with Gasteiger partial charge in [0.2, 0.25) is 0 Å². The summed E-state index contributed by atoms with van der Waals surface area (Å²) < 4.78 is 0. The summed E-state index contributed by atoms with van der Waals surface area (Å²) in [4.78, 5) is 4.07. The van der Waals surface area contributed by atoms with E-state index in [1.807, 2.05) is 18.2 Å². The van der Waals surface area contributed by atoms with E-state index in [4.69, 9.17) is 0 Å². The number of phenols is 1. The first-order chi connectivity index (χ1) is 12.4. The Morgan fingerprint density at radius 1 is 1.04 bits per heavy atom. The number of benzene rings is 1. The first kappa shape index (κ1) is 18.9. The second-order valence-electron chi connectivity index (χ2n) is 8.60. The number of nitrogens with zero attached hydrogens (tertiary/aromatic N) is 1. The molecule has 26 heavy (non-hydrogen) atoms. The highest BCUT2D eigenvalue weighted by molar-refractivity contribution is 5.65. The van der Waals surface area contributed by atoms with Crippen molar-refractivity contribution in [2.24, 2.45) is 11.3 Å². The number of nitrogens with one attached hydrogen (secondary N) is 1. The molecule has 2 N–H and O–H groups in total. The van der Waals surface area contributed by atoms with Crippen LogP contribution in [0.5, 0.6) is 5.75 Å². The van der Waals surface area contributed by atoms with Crippen LogP contribution in [0, 0.1) is 17.8 Å². The molecule has 1 aliphatic rings. The average molecular weight is 352 g/mol. The first-order valence-corrected chi connectivity index (χ1v) is 9.72. The largest absolute Gasteiger partial charge is 0.508 e. The minimum atomic E-state index is 0.310. The van der Waals surface area contributed by atoms with Crippen LogP contribution in [-0.2, 0) is 6.54 Å². The Hall–Kier alpha value is -1.87. The van der Waals surface area contributed by atoms with Crippen molar-refractivity contribution < 1.29 is 5.11 Å². The SMILES string of the molecule is CC(C)(C)[CH]C1CCC(NCc2cc(-c3ccncc3)ccc2O)CC1. The van der Waals surface area contributed by atoms with Crippen LogP contribution >= 0.6 is 0 Å². The first-order valence-electron chi connectivity index (χ1n) is 9.72. The molecule has 3 heteroatoms. The maximum atomic E-state index is 10.2. The Morgan fingerprint density at radius 3 is 2.38 bits per heavy atom. The smallest absolute Gasteiger partial charge is 0.120 e. The van der Waals surface area contributed by atoms with Crippen LogP contribution in [-0.4, -0.2) is 16.1 Å². The van der Waals surface area contributed by atoms with E-state index in [9.17, 15) is 5.11 Å². The Labute approximate surface area is 157 Å². The molecule has 0 aliphatic heterocycles. The normalized spacial score (nSPS) is 20.9. The minimum absolute atomic E-state index is 0.310. The van der Waals surface area contributed by atoms with Crippen LogP contribution in [0.4, 0.5) is 0 Å². The van der Waals surface area contributed by atoms with Gasteiger partial charge < -0.3 is 10.4 Å². The summed E-state index contributed by atoms with van der Waals surface area (Å²) in [6.07, 6.45) is 11.1. The fourth-order valence-electron chi connectivity index (χ4n) is 3.90. The minimum Gasteiger partial charge on any atom is -0.508 e. The highest BCUT2D eigenvalue weighted by Crippen LogP contribution is 2.33. The molecule has 1 fully saturated rings. The van der Waals surface area contributed by atoms with E-state index < -0.39 is 0 Å². The van der Waals surface area contributed by atoms with Gasteiger partial charge in [-0.1, -0.05) is 26.8 Å². The van der Waals surface area contributed by atoms with Gasteiger partial charge in [0, 0.05) is 30.5 Å². The molecule has 1 radical (unpaired) electrons. The number of aromatic nitrogens is 1. The van der Waals surface area contributed by atoms with Crippen molar-refractivity contribution in [2.45, 2.75) is 59.0 Å². The third kappa shape index (κ3) is 5.31. The van der Waals surface area contributed by atoms with Gasteiger partial charge in [-0.3, -0.25) is 4.98 Å². The van der Waals surface area contributed by atoms with Crippen molar-refractivity contribution >= 4 is 0 Å². The molecule has 2 aromatic rings. The predicted molar refractivity (Wildman–Crippen MR) is 108 cm³/mol. The fraction of sp³-hybridized carbons (Fsp3) is 0.478. The molecule has 1 aliphatic carbocycles. The van der Waals surface area contributed by atoms with Gasteiger partial charge in [0.05, 0.1) is 0 Å². The summed E-state index contributed by atoms with van der Waals surface area (Å²) in [5.41, 5.74) is 3.51. The third-order valence-corrected chi connectivity index (χ3v) is 5.18. The predicted octanol–water partition coefficient (Wildman–Crippen LogP) is 5.35. The molecule has 0 unspecified atom stereocenters. The van der Waals surface area contributed by atoms with Crippen LogP contribution in [0.3, 0.4) is 0 Å². The van der Waals surface area contributed by atoms with Crippen molar-refractivity contribution in [3.05, 3.63) is 54.7 Å². The van der Waals surface area contributed by atoms with Crippen molar-refractivity contribution in [3.63, 3.8) is 0 Å². The van der Waals surface area contributed by atoms with E-state index in [1.54, 1.807) is 18.5 Å². The molecule has 1 saturated carbocycles. The second kappa shape index (κ2) is 8.22. The Morgan fingerprint density at radius 2 is 1.73 bits per heavy atom. The Balaban J connectivity index is 1.56. The van der Waals surface area contributed by atoms with Crippen LogP contribution in [0.25, 0.3) is 11.1 Å². The Kier molecular flexibility index (Phi) is 5.98. The molecular formula is C23H31N2O. The lowest BCUT2D eigenvalue weighted by Gasteiger charge is -2.32. The second-order valence-corrected chi connectivity index (χ2v) is 8.60. The summed E-state index contributed by atoms with van der Waals surface area (Å²) in [5.74, 6) is 1.11. The number of hydrogen-bond acceptors (Lipinski definition) is 3. The van der Waals surface area contributed by atoms with E-state index >= 15 is 0 Å². The number of pyridine rings is 1. The highest BCUT2D eigenvalue weighted by Gasteiger charge is 2.25. The molecule has 3 nitrogen and oxygen atoms in total. The van der Waals surface area contributed by atoms with Gasteiger partial charge in [-0.25, -0.2) is 0 Å². The summed E-state index contributed by atoms with van der Waals surface area (Å²) >= 11 is 0. The molecule has 0 atom stereocenters. The number of phenolic OH excluding ortho intramolecular Hbond substituents is 1. The monoisotopic (exact) mass is 351 g/mol. The quantitative estimate of drug-likeness (QED) is 0.763. The standard InChI is InChI=1S/C23H31N2O/c1-23(2,3)15-17-4-7-21(8-5-17)25-16-20-14-19(6-9-22(20)26)18-10-12-24-13-11-18/h6,9-15,17,21,25-26H,4-5,7-8,16H2,1-3H3. The van der Waals surface area contributed by atoms with Gasteiger partial charge in [0.1, 0.15) is 5.75 Å². The van der Waals surface area contributed by atoms with E-state index in [1.165, 1.54) is 25.7 Å². The Bertz CT molecular complexity index is 698. The molecule has 0 saturated heterocycles. The summed E-state index contributed by atoms with van der Waals surface area (Å²) in [6.45, 7) is 7.57. The van der Waals surface area contributed by atoms with Gasteiger partial charge >= 0.3 is 0 Å². The summed E-state index contributed by atoms with van der Waals surface area (Å²) in [6, 6.07) is 10.4. The van der Waals surface area contributed by atoms with Gasteiger partial charge in [-0.2, -0.15) is 0 Å². The molecule has 0 amide bonds. The van der Waals surface area contributed by atoms with Gasteiger partial charge in [-0.05, 0) is 78.8 Å². The lowest BCUT2D eigenvalue weighted by atomic mass is 9.76. The zero-order valence-corrected chi connectivity index (χ0v) is 16.2. The zero-order chi connectivity index (χ0) is 18.6. The lowest BCUT2D eigenvalue weighted by Crippen LogP contribution is -2.33. The van der Waals surface area contributed by atoms with E-state index in [0.717, 1.165) is 22.6 Å². The topological polar surface area (TPSA) is 45.2 Å². The van der Waals surface area contributed by atoms with E-state index in [-0.39, 0.29) is 0 Å². The van der Waals surface area contributed by atoms with E-state index in [2.05, 4.69) is 43.6 Å². The highest BCUT2D eigenvalue weighted by atomic mass is 16.3. The van der Waals surface area contributed by atoms with Crippen LogP contribution < -0.4 is 5.32 Å². The molecule has 1 aromatic carbocycles. The fourth-order valence-corrected chi connectivity index (χ4v) is 3.90. The van der Waals surface area contributed by atoms with Crippen molar-refractivity contribution in [2.75, 3.05) is 0 Å². The lowest BCUT2D eigenvalue weighted by molar-refractivity contribution is 0.281. The maximum Gasteiger partial charge on any atom is 0.120 e. The van der Waals surface area contributed by atoms with Gasteiger partial charge in [0.25, 0.3) is 0 Å². The summed E-state index contributed by atoms with van der Waals surface area (Å²) in [7, 11) is 0. The molecule has 139 valence electrons. The van der Waals surface area contributed by atoms with Crippen LogP contribution in [0.2, 0.25) is 0 Å².